The highest BCUT2D eigenvalue weighted by molar-refractivity contribution is 5.98. The molecule has 1 saturated carbocycles. The van der Waals surface area contributed by atoms with E-state index < -0.39 is 11.9 Å². The number of nitrogens with one attached hydrogen (secondary N) is 1. The van der Waals surface area contributed by atoms with Gasteiger partial charge in [-0.3, -0.25) is 9.59 Å². The summed E-state index contributed by atoms with van der Waals surface area (Å²) >= 11 is 0. The fourth-order valence-electron chi connectivity index (χ4n) is 4.31. The van der Waals surface area contributed by atoms with Gasteiger partial charge in [0.05, 0.1) is 11.4 Å². The first-order valence-electron chi connectivity index (χ1n) is 10.2. The molecule has 2 amide bonds. The van der Waals surface area contributed by atoms with Crippen LogP contribution in [0.5, 0.6) is 0 Å². The molecule has 1 saturated heterocycles. The van der Waals surface area contributed by atoms with Gasteiger partial charge in [-0.15, -0.1) is 5.10 Å². The Morgan fingerprint density at radius 1 is 1.14 bits per heavy atom. The normalized spacial score (nSPS) is 20.1. The number of hydrogen-bond donors (Lipinski definition) is 1. The van der Waals surface area contributed by atoms with E-state index in [1.165, 1.54) is 23.2 Å². The number of amides is 2. The van der Waals surface area contributed by atoms with E-state index in [2.05, 4.69) is 20.8 Å². The average Bonchev–Trinajstić information content (AvgIpc) is 3.39. The molecule has 1 aromatic heterocycles. The molecule has 0 bridgehead atoms. The third-order valence-electron chi connectivity index (χ3n) is 5.87. The number of aryl methyl sites for hydroxylation is 1. The predicted octanol–water partition coefficient (Wildman–Crippen LogP) is 2.62. The lowest BCUT2D eigenvalue weighted by Crippen LogP contribution is -2.46. The molecule has 0 radical (unpaired) electrons. The van der Waals surface area contributed by atoms with E-state index in [9.17, 15) is 14.0 Å². The summed E-state index contributed by atoms with van der Waals surface area (Å²) in [6.45, 7) is 2.31. The molecule has 2 aromatic rings. The summed E-state index contributed by atoms with van der Waals surface area (Å²) in [7, 11) is 0. The Balaban J connectivity index is 1.50. The van der Waals surface area contributed by atoms with E-state index >= 15 is 0 Å². The van der Waals surface area contributed by atoms with Crippen molar-refractivity contribution in [3.8, 4) is 5.69 Å². The van der Waals surface area contributed by atoms with Crippen LogP contribution in [0.3, 0.4) is 0 Å². The Hall–Kier alpha value is -2.84. The van der Waals surface area contributed by atoms with E-state index in [-0.39, 0.29) is 23.4 Å². The van der Waals surface area contributed by atoms with Gasteiger partial charge in [0, 0.05) is 12.5 Å². The van der Waals surface area contributed by atoms with Gasteiger partial charge >= 0.3 is 0 Å². The maximum Gasteiger partial charge on any atom is 0.247 e. The molecule has 1 N–H and O–H groups in total. The lowest BCUT2D eigenvalue weighted by atomic mass is 9.88. The molecular weight excluding hydrogens is 375 g/mol. The molecule has 9 heteroatoms. The molecule has 2 fully saturated rings. The van der Waals surface area contributed by atoms with Crippen LogP contribution in [0.4, 0.5) is 10.1 Å². The van der Waals surface area contributed by atoms with Crippen molar-refractivity contribution < 1.29 is 14.0 Å². The third-order valence-corrected chi connectivity index (χ3v) is 5.87. The number of carbonyl (C=O) groups is 2. The Bertz CT molecular complexity index is 908. The van der Waals surface area contributed by atoms with Crippen molar-refractivity contribution in [1.29, 1.82) is 0 Å². The highest BCUT2D eigenvalue weighted by Gasteiger charge is 2.37. The second kappa shape index (κ2) is 8.26. The molecule has 2 aliphatic rings. The van der Waals surface area contributed by atoms with Gasteiger partial charge in [0.2, 0.25) is 11.8 Å². The van der Waals surface area contributed by atoms with E-state index in [1.807, 2.05) is 0 Å². The topological polar surface area (TPSA) is 93.0 Å². The van der Waals surface area contributed by atoms with Gasteiger partial charge < -0.3 is 10.2 Å². The van der Waals surface area contributed by atoms with Crippen LogP contribution >= 0.6 is 0 Å². The van der Waals surface area contributed by atoms with Crippen LogP contribution < -0.4 is 5.32 Å². The Morgan fingerprint density at radius 2 is 1.93 bits per heavy atom. The molecular formula is C20H25FN6O2. The summed E-state index contributed by atoms with van der Waals surface area (Å²) in [5.74, 6) is -0.262. The van der Waals surface area contributed by atoms with Crippen molar-refractivity contribution in [1.82, 2.24) is 25.1 Å². The zero-order chi connectivity index (χ0) is 20.4. The van der Waals surface area contributed by atoms with Crippen molar-refractivity contribution in [3.63, 3.8) is 0 Å². The minimum absolute atomic E-state index is 0.0139. The van der Waals surface area contributed by atoms with Gasteiger partial charge in [-0.1, -0.05) is 19.3 Å². The van der Waals surface area contributed by atoms with Gasteiger partial charge in [0.15, 0.2) is 5.82 Å². The van der Waals surface area contributed by atoms with Gasteiger partial charge in [0.1, 0.15) is 11.9 Å². The Kier molecular flexibility index (Phi) is 5.55. The zero-order valence-corrected chi connectivity index (χ0v) is 16.5. The molecule has 1 aliphatic heterocycles. The van der Waals surface area contributed by atoms with Crippen molar-refractivity contribution in [2.24, 2.45) is 5.92 Å². The van der Waals surface area contributed by atoms with Gasteiger partial charge in [-0.25, -0.2) is 4.39 Å². The number of carbonyl (C=O) groups excluding carboxylic acids is 2. The summed E-state index contributed by atoms with van der Waals surface area (Å²) in [5, 5.41) is 13.9. The Labute approximate surface area is 168 Å². The average molecular weight is 400 g/mol. The molecule has 4 rings (SSSR count). The van der Waals surface area contributed by atoms with Crippen LogP contribution in [0.2, 0.25) is 0 Å². The SMILES string of the molecule is Cc1nnnn1-c1ccc(F)c(NC(=O)C2CCCN2C(=O)C2CCCCC2)c1. The van der Waals surface area contributed by atoms with E-state index in [0.717, 1.165) is 32.1 Å². The second-order valence-electron chi connectivity index (χ2n) is 7.82. The van der Waals surface area contributed by atoms with Crippen LogP contribution in [0.1, 0.15) is 50.8 Å². The van der Waals surface area contributed by atoms with Gasteiger partial charge in [-0.05, 0) is 61.2 Å². The number of likely N-dealkylation sites (tertiary alicyclic amines) is 1. The number of tetrazole rings is 1. The smallest absolute Gasteiger partial charge is 0.247 e. The lowest BCUT2D eigenvalue weighted by molar-refractivity contribution is -0.141. The maximum atomic E-state index is 14.3. The van der Waals surface area contributed by atoms with Crippen LogP contribution in [0.25, 0.3) is 5.69 Å². The zero-order valence-electron chi connectivity index (χ0n) is 16.5. The summed E-state index contributed by atoms with van der Waals surface area (Å²) in [6, 6.07) is 3.76. The molecule has 2 heterocycles. The molecule has 29 heavy (non-hydrogen) atoms. The quantitative estimate of drug-likeness (QED) is 0.852. The first-order valence-corrected chi connectivity index (χ1v) is 10.2. The summed E-state index contributed by atoms with van der Waals surface area (Å²) < 4.78 is 15.8. The number of benzene rings is 1. The molecule has 1 atom stereocenters. The second-order valence-corrected chi connectivity index (χ2v) is 7.82. The van der Waals surface area contributed by atoms with Crippen molar-refractivity contribution in [2.45, 2.75) is 57.9 Å². The number of halogens is 1. The standard InChI is InChI=1S/C20H25FN6O2/c1-13-23-24-25-27(13)15-9-10-16(21)17(12-15)22-19(28)18-8-5-11-26(18)20(29)14-6-3-2-4-7-14/h9-10,12,14,18H,2-8,11H2,1H3,(H,22,28). The predicted molar refractivity (Wildman–Crippen MR) is 104 cm³/mol. The van der Waals surface area contributed by atoms with Crippen molar-refractivity contribution in [2.75, 3.05) is 11.9 Å². The summed E-state index contributed by atoms with van der Waals surface area (Å²) in [4.78, 5) is 27.5. The van der Waals surface area contributed by atoms with E-state index in [0.29, 0.717) is 24.5 Å². The molecule has 1 aromatic carbocycles. The number of nitrogens with zero attached hydrogens (tertiary/aromatic N) is 5. The number of hydrogen-bond acceptors (Lipinski definition) is 5. The number of anilines is 1. The molecule has 154 valence electrons. The number of rotatable bonds is 4. The first kappa shape index (κ1) is 19.5. The fraction of sp³-hybridized carbons (Fsp3) is 0.550. The monoisotopic (exact) mass is 400 g/mol. The molecule has 1 aliphatic carbocycles. The van der Waals surface area contributed by atoms with Gasteiger partial charge in [-0.2, -0.15) is 4.68 Å². The van der Waals surface area contributed by atoms with Crippen LogP contribution in [-0.2, 0) is 9.59 Å². The highest BCUT2D eigenvalue weighted by Crippen LogP contribution is 2.29. The number of aromatic nitrogens is 4. The van der Waals surface area contributed by atoms with Crippen LogP contribution in [-0.4, -0.2) is 49.5 Å². The fourth-order valence-corrected chi connectivity index (χ4v) is 4.31. The minimum Gasteiger partial charge on any atom is -0.330 e. The first-order chi connectivity index (χ1) is 14.0. The minimum atomic E-state index is -0.553. The molecule has 8 nitrogen and oxygen atoms in total. The van der Waals surface area contributed by atoms with Gasteiger partial charge in [0.25, 0.3) is 0 Å². The largest absolute Gasteiger partial charge is 0.330 e. The summed E-state index contributed by atoms with van der Waals surface area (Å²) in [6.07, 6.45) is 6.47. The van der Waals surface area contributed by atoms with E-state index in [4.69, 9.17) is 0 Å². The lowest BCUT2D eigenvalue weighted by Gasteiger charge is -2.30. The maximum absolute atomic E-state index is 14.3. The summed E-state index contributed by atoms with van der Waals surface area (Å²) in [5.41, 5.74) is 0.602. The third kappa shape index (κ3) is 3.99. The van der Waals surface area contributed by atoms with Crippen LogP contribution in [0.15, 0.2) is 18.2 Å². The molecule has 0 spiro atoms. The van der Waals surface area contributed by atoms with Crippen LogP contribution in [0, 0.1) is 18.7 Å². The van der Waals surface area contributed by atoms with E-state index in [1.54, 1.807) is 17.9 Å². The molecule has 1 unspecified atom stereocenters. The van der Waals surface area contributed by atoms with Crippen molar-refractivity contribution in [3.05, 3.63) is 29.8 Å². The Morgan fingerprint density at radius 3 is 2.66 bits per heavy atom. The van der Waals surface area contributed by atoms with Crippen molar-refractivity contribution >= 4 is 17.5 Å². The highest BCUT2D eigenvalue weighted by atomic mass is 19.1.